The van der Waals surface area contributed by atoms with Gasteiger partial charge < -0.3 is 10.2 Å². The Kier molecular flexibility index (Phi) is 6.54. The summed E-state index contributed by atoms with van der Waals surface area (Å²) in [5.74, 6) is 0.964. The molecule has 0 bridgehead atoms. The second-order valence-corrected chi connectivity index (χ2v) is 9.20. The maximum absolute atomic E-state index is 12.9. The van der Waals surface area contributed by atoms with Crippen molar-refractivity contribution in [3.05, 3.63) is 154 Å². The minimum absolute atomic E-state index is 0.0260. The Balaban J connectivity index is 1.36. The number of hydrogen-bond donors (Lipinski definition) is 1. The highest BCUT2D eigenvalue weighted by Gasteiger charge is 2.10. The van der Waals surface area contributed by atoms with Crippen molar-refractivity contribution in [2.75, 3.05) is 0 Å². The number of fused-ring (bicyclic) bond motifs is 2. The van der Waals surface area contributed by atoms with E-state index in [1.54, 1.807) is 6.07 Å². The minimum atomic E-state index is -0.0260. The van der Waals surface area contributed by atoms with Gasteiger partial charge >= 0.3 is 0 Å². The molecule has 5 nitrogen and oxygen atoms in total. The topological polar surface area (TPSA) is 81.0 Å². The molecule has 1 aromatic heterocycles. The van der Waals surface area contributed by atoms with Gasteiger partial charge in [-0.3, -0.25) is 9.79 Å². The summed E-state index contributed by atoms with van der Waals surface area (Å²) in [6.07, 6.45) is 0. The van der Waals surface area contributed by atoms with E-state index in [4.69, 9.17) is 20.1 Å². The van der Waals surface area contributed by atoms with Crippen molar-refractivity contribution in [1.29, 1.82) is 0 Å². The molecule has 2 N–H and O–H groups in total. The first-order valence-electron chi connectivity index (χ1n) is 12.7. The van der Waals surface area contributed by atoms with Crippen LogP contribution >= 0.6 is 0 Å². The Labute approximate surface area is 225 Å². The summed E-state index contributed by atoms with van der Waals surface area (Å²) in [4.78, 5) is 22.4. The van der Waals surface area contributed by atoms with Crippen molar-refractivity contribution in [3.63, 3.8) is 0 Å². The summed E-state index contributed by atoms with van der Waals surface area (Å²) in [5, 5.41) is 1.15. The van der Waals surface area contributed by atoms with Crippen LogP contribution in [0.3, 0.4) is 0 Å². The standard InChI is InChI=1S/C34H25N3O2/c35-33(25-11-5-2-6-12-25)37-34(36-22-23-9-3-1-4-10-23)26-17-15-24(16-18-26)27-19-20-29-31(21-27)39-30-14-8-7-13-28(30)32(29)38/h1-21H,22H2,(H2,35,36,37). The number of benzene rings is 5. The average Bonchev–Trinajstić information content (AvgIpc) is 3.00. The third-order valence-corrected chi connectivity index (χ3v) is 6.60. The normalized spacial score (nSPS) is 12.2. The molecule has 0 aliphatic carbocycles. The number of aliphatic imine (C=N–C) groups is 2. The Morgan fingerprint density at radius 3 is 2.05 bits per heavy atom. The summed E-state index contributed by atoms with van der Waals surface area (Å²) in [7, 11) is 0. The van der Waals surface area contributed by atoms with Crippen LogP contribution in [0.15, 0.2) is 147 Å². The predicted octanol–water partition coefficient (Wildman–Crippen LogP) is 6.97. The third-order valence-electron chi connectivity index (χ3n) is 6.60. The molecular weight excluding hydrogens is 482 g/mol. The number of hydrogen-bond acceptors (Lipinski definition) is 3. The molecule has 0 aliphatic heterocycles. The van der Waals surface area contributed by atoms with E-state index >= 15 is 0 Å². The summed E-state index contributed by atoms with van der Waals surface area (Å²) in [6, 6.07) is 40.7. The number of para-hydroxylation sites is 1. The first kappa shape index (κ1) is 24.1. The first-order chi connectivity index (χ1) is 19.2. The van der Waals surface area contributed by atoms with Crippen LogP contribution in [0.1, 0.15) is 16.7 Å². The third kappa shape index (κ3) is 5.11. The monoisotopic (exact) mass is 507 g/mol. The highest BCUT2D eigenvalue weighted by molar-refractivity contribution is 6.11. The Morgan fingerprint density at radius 2 is 1.28 bits per heavy atom. The van der Waals surface area contributed by atoms with Crippen LogP contribution in [0, 0.1) is 0 Å². The number of nitrogens with two attached hydrogens (primary N) is 1. The lowest BCUT2D eigenvalue weighted by atomic mass is 10.0. The van der Waals surface area contributed by atoms with Crippen molar-refractivity contribution < 1.29 is 4.42 Å². The molecule has 39 heavy (non-hydrogen) atoms. The summed E-state index contributed by atoms with van der Waals surface area (Å²) in [5.41, 5.74) is 12.2. The molecule has 0 saturated carbocycles. The summed E-state index contributed by atoms with van der Waals surface area (Å²) < 4.78 is 6.06. The Morgan fingerprint density at radius 1 is 0.641 bits per heavy atom. The van der Waals surface area contributed by atoms with Crippen molar-refractivity contribution in [1.82, 2.24) is 0 Å². The molecule has 0 aliphatic rings. The Hall–Kier alpha value is -5.29. The zero-order valence-corrected chi connectivity index (χ0v) is 21.1. The van der Waals surface area contributed by atoms with E-state index in [1.165, 1.54) is 0 Å². The molecule has 6 aromatic rings. The zero-order chi connectivity index (χ0) is 26.6. The van der Waals surface area contributed by atoms with Gasteiger partial charge in [0.05, 0.1) is 17.3 Å². The molecule has 6 rings (SSSR count). The van der Waals surface area contributed by atoms with E-state index in [0.29, 0.717) is 40.2 Å². The van der Waals surface area contributed by atoms with Crippen LogP contribution in [0.5, 0.6) is 0 Å². The van der Waals surface area contributed by atoms with Crippen molar-refractivity contribution in [3.8, 4) is 11.1 Å². The van der Waals surface area contributed by atoms with Crippen LogP contribution in [0.2, 0.25) is 0 Å². The molecule has 5 heteroatoms. The lowest BCUT2D eigenvalue weighted by Gasteiger charge is -2.08. The molecule has 0 fully saturated rings. The van der Waals surface area contributed by atoms with Crippen LogP contribution in [0.25, 0.3) is 33.1 Å². The predicted molar refractivity (Wildman–Crippen MR) is 159 cm³/mol. The second kappa shape index (κ2) is 10.6. The van der Waals surface area contributed by atoms with E-state index in [0.717, 1.165) is 27.8 Å². The van der Waals surface area contributed by atoms with Gasteiger partial charge in [-0.1, -0.05) is 103 Å². The fraction of sp³-hybridized carbons (Fsp3) is 0.0294. The van der Waals surface area contributed by atoms with Crippen molar-refractivity contribution in [2.24, 2.45) is 15.7 Å². The fourth-order valence-electron chi connectivity index (χ4n) is 4.52. The lowest BCUT2D eigenvalue weighted by Crippen LogP contribution is -2.16. The van der Waals surface area contributed by atoms with Crippen molar-refractivity contribution >= 4 is 33.6 Å². The molecule has 0 unspecified atom stereocenters. The maximum Gasteiger partial charge on any atom is 0.200 e. The molecular formula is C34H25N3O2. The van der Waals surface area contributed by atoms with Crippen LogP contribution in [-0.2, 0) is 6.54 Å². The van der Waals surface area contributed by atoms with Gasteiger partial charge in [-0.15, -0.1) is 0 Å². The summed E-state index contributed by atoms with van der Waals surface area (Å²) >= 11 is 0. The van der Waals surface area contributed by atoms with Crippen LogP contribution in [0.4, 0.5) is 0 Å². The minimum Gasteiger partial charge on any atom is -0.456 e. The highest BCUT2D eigenvalue weighted by atomic mass is 16.3. The molecule has 0 amide bonds. The molecule has 188 valence electrons. The van der Waals surface area contributed by atoms with E-state index < -0.39 is 0 Å². The second-order valence-electron chi connectivity index (χ2n) is 9.20. The molecule has 0 radical (unpaired) electrons. The molecule has 5 aromatic carbocycles. The molecule has 1 heterocycles. The van der Waals surface area contributed by atoms with E-state index in [2.05, 4.69) is 0 Å². The number of amidine groups is 2. The van der Waals surface area contributed by atoms with E-state index in [-0.39, 0.29) is 5.43 Å². The highest BCUT2D eigenvalue weighted by Crippen LogP contribution is 2.26. The van der Waals surface area contributed by atoms with Gasteiger partial charge in [0.15, 0.2) is 5.84 Å². The molecule has 0 spiro atoms. The molecule has 0 saturated heterocycles. The largest absolute Gasteiger partial charge is 0.456 e. The van der Waals surface area contributed by atoms with Gasteiger partial charge in [0.1, 0.15) is 17.0 Å². The van der Waals surface area contributed by atoms with Gasteiger partial charge in [0.2, 0.25) is 5.43 Å². The van der Waals surface area contributed by atoms with E-state index in [1.807, 2.05) is 121 Å². The average molecular weight is 508 g/mol. The van der Waals surface area contributed by atoms with Gasteiger partial charge in [-0.25, -0.2) is 4.99 Å². The van der Waals surface area contributed by atoms with Gasteiger partial charge in [-0.2, -0.15) is 0 Å². The van der Waals surface area contributed by atoms with Gasteiger partial charge in [-0.05, 0) is 41.0 Å². The lowest BCUT2D eigenvalue weighted by molar-refractivity contribution is 0.660. The fourth-order valence-corrected chi connectivity index (χ4v) is 4.52. The quantitative estimate of drug-likeness (QED) is 0.155. The Bertz CT molecular complexity index is 1890. The maximum atomic E-state index is 12.9. The SMILES string of the molecule is NC(=NC(=NCc1ccccc1)c1ccc(-c2ccc3c(=O)c4ccccc4oc3c2)cc1)c1ccccc1. The first-order valence-corrected chi connectivity index (χ1v) is 12.7. The van der Waals surface area contributed by atoms with Crippen molar-refractivity contribution in [2.45, 2.75) is 6.54 Å². The zero-order valence-electron chi connectivity index (χ0n) is 21.1. The molecule has 0 atom stereocenters. The van der Waals surface area contributed by atoms with Gasteiger partial charge in [0.25, 0.3) is 0 Å². The number of rotatable bonds is 5. The van der Waals surface area contributed by atoms with E-state index in [9.17, 15) is 4.79 Å². The van der Waals surface area contributed by atoms with Crippen LogP contribution in [-0.4, -0.2) is 11.7 Å². The number of nitrogens with zero attached hydrogens (tertiary/aromatic N) is 2. The van der Waals surface area contributed by atoms with Crippen LogP contribution < -0.4 is 11.2 Å². The van der Waals surface area contributed by atoms with Gasteiger partial charge in [0, 0.05) is 11.1 Å². The smallest absolute Gasteiger partial charge is 0.200 e. The summed E-state index contributed by atoms with van der Waals surface area (Å²) in [6.45, 7) is 0.487.